The van der Waals surface area contributed by atoms with E-state index in [1.54, 1.807) is 6.26 Å². The van der Waals surface area contributed by atoms with E-state index in [9.17, 15) is 4.79 Å². The van der Waals surface area contributed by atoms with Crippen LogP contribution >= 0.6 is 0 Å². The first kappa shape index (κ1) is 14.8. The van der Waals surface area contributed by atoms with Crippen molar-refractivity contribution in [3.63, 3.8) is 0 Å². The monoisotopic (exact) mass is 326 g/mol. The summed E-state index contributed by atoms with van der Waals surface area (Å²) in [4.78, 5) is 18.1. The summed E-state index contributed by atoms with van der Waals surface area (Å²) in [6.07, 6.45) is 10.9. The summed E-state index contributed by atoms with van der Waals surface area (Å²) in [6, 6.07) is 5.02. The van der Waals surface area contributed by atoms with Crippen molar-refractivity contribution in [2.45, 2.75) is 50.6 Å². The number of carbonyl (C=O) groups excluding carboxylic acids is 1. The van der Waals surface area contributed by atoms with Crippen LogP contribution < -0.4 is 0 Å². The van der Waals surface area contributed by atoms with E-state index >= 15 is 0 Å². The molecule has 5 heterocycles. The molecule has 4 saturated heterocycles. The summed E-state index contributed by atoms with van der Waals surface area (Å²) in [5, 5.41) is 0. The van der Waals surface area contributed by atoms with E-state index in [4.69, 9.17) is 4.42 Å². The molecule has 24 heavy (non-hydrogen) atoms. The molecule has 0 radical (unpaired) electrons. The molecule has 4 aliphatic heterocycles. The van der Waals surface area contributed by atoms with Crippen molar-refractivity contribution >= 4 is 12.0 Å². The predicted molar refractivity (Wildman–Crippen MR) is 92.2 cm³/mol. The summed E-state index contributed by atoms with van der Waals surface area (Å²) < 4.78 is 5.42. The third-order valence-electron chi connectivity index (χ3n) is 6.78. The lowest BCUT2D eigenvalue weighted by Crippen LogP contribution is -2.66. The van der Waals surface area contributed by atoms with Crippen LogP contribution in [-0.4, -0.2) is 47.4 Å². The Bertz CT molecular complexity index is 649. The molecule has 4 heteroatoms. The lowest BCUT2D eigenvalue weighted by Gasteiger charge is -2.58. The Morgan fingerprint density at radius 3 is 2.88 bits per heavy atom. The molecular weight excluding hydrogens is 300 g/mol. The number of hydrogen-bond donors (Lipinski definition) is 0. The van der Waals surface area contributed by atoms with E-state index < -0.39 is 0 Å². The minimum atomic E-state index is 0.267. The minimum absolute atomic E-state index is 0.267. The maximum Gasteiger partial charge on any atom is 0.250 e. The number of piperidine rings is 4. The van der Waals surface area contributed by atoms with Crippen molar-refractivity contribution in [3.8, 4) is 0 Å². The highest BCUT2D eigenvalue weighted by Crippen LogP contribution is 2.45. The summed E-state index contributed by atoms with van der Waals surface area (Å²) in [6.45, 7) is 3.53. The van der Waals surface area contributed by atoms with Gasteiger partial charge in [-0.1, -0.05) is 0 Å². The zero-order valence-electron chi connectivity index (χ0n) is 14.2. The zero-order chi connectivity index (χ0) is 16.1. The standard InChI is InChI=1S/C20H26N2O2/c23-20-14(12-16-5-3-11-24-16)7-8-18-17-6-2-10-21-9-1-4-15(19(17)21)13-22(18)20/h3,5,11-12,15,17-19H,1-2,4,6-10,13H2/b14-12+. The third-order valence-corrected chi connectivity index (χ3v) is 6.78. The fourth-order valence-electron chi connectivity index (χ4n) is 5.87. The molecule has 4 atom stereocenters. The second kappa shape index (κ2) is 5.76. The first-order valence-electron chi connectivity index (χ1n) is 9.60. The summed E-state index contributed by atoms with van der Waals surface area (Å²) in [5.41, 5.74) is 0.933. The van der Waals surface area contributed by atoms with Gasteiger partial charge in [0, 0.05) is 24.2 Å². The Balaban J connectivity index is 1.43. The molecule has 4 fully saturated rings. The number of fused-ring (bicyclic) bond motifs is 2. The molecule has 4 unspecified atom stereocenters. The van der Waals surface area contributed by atoms with Crippen LogP contribution in [0.4, 0.5) is 0 Å². The Morgan fingerprint density at radius 2 is 2.04 bits per heavy atom. The summed E-state index contributed by atoms with van der Waals surface area (Å²) >= 11 is 0. The van der Waals surface area contributed by atoms with Crippen molar-refractivity contribution in [2.75, 3.05) is 19.6 Å². The molecular formula is C20H26N2O2. The van der Waals surface area contributed by atoms with Gasteiger partial charge in [0.15, 0.2) is 0 Å². The third kappa shape index (κ3) is 2.26. The normalized spacial score (nSPS) is 38.1. The van der Waals surface area contributed by atoms with E-state index in [-0.39, 0.29) is 5.91 Å². The van der Waals surface area contributed by atoms with Gasteiger partial charge in [-0.25, -0.2) is 0 Å². The van der Waals surface area contributed by atoms with Crippen LogP contribution in [0.15, 0.2) is 28.4 Å². The molecule has 128 valence electrons. The fraction of sp³-hybridized carbons (Fsp3) is 0.650. The number of nitrogens with zero attached hydrogens (tertiary/aromatic N) is 2. The van der Waals surface area contributed by atoms with Crippen molar-refractivity contribution in [1.29, 1.82) is 0 Å². The predicted octanol–water partition coefficient (Wildman–Crippen LogP) is 3.16. The lowest BCUT2D eigenvalue weighted by molar-refractivity contribution is -0.145. The van der Waals surface area contributed by atoms with Gasteiger partial charge >= 0.3 is 0 Å². The molecule has 4 nitrogen and oxygen atoms in total. The Kier molecular flexibility index (Phi) is 3.55. The summed E-state index contributed by atoms with van der Waals surface area (Å²) in [5.74, 6) is 2.45. The van der Waals surface area contributed by atoms with Crippen LogP contribution in [0.5, 0.6) is 0 Å². The molecule has 1 aromatic rings. The van der Waals surface area contributed by atoms with Crippen molar-refractivity contribution in [1.82, 2.24) is 9.80 Å². The quantitative estimate of drug-likeness (QED) is 0.744. The molecule has 1 aromatic heterocycles. The van der Waals surface area contributed by atoms with Gasteiger partial charge in [0.2, 0.25) is 5.91 Å². The highest BCUT2D eigenvalue weighted by Gasteiger charge is 2.51. The Hall–Kier alpha value is -1.55. The van der Waals surface area contributed by atoms with Gasteiger partial charge in [0.05, 0.1) is 6.26 Å². The highest BCUT2D eigenvalue weighted by atomic mass is 16.3. The van der Waals surface area contributed by atoms with Crippen LogP contribution in [-0.2, 0) is 4.79 Å². The van der Waals surface area contributed by atoms with Gasteiger partial charge in [-0.3, -0.25) is 9.69 Å². The van der Waals surface area contributed by atoms with Gasteiger partial charge in [-0.15, -0.1) is 0 Å². The molecule has 0 N–H and O–H groups in total. The molecule has 5 rings (SSSR count). The van der Waals surface area contributed by atoms with Gasteiger partial charge < -0.3 is 9.32 Å². The average Bonchev–Trinajstić information content (AvgIpc) is 3.12. The van der Waals surface area contributed by atoms with Gasteiger partial charge in [-0.05, 0) is 81.7 Å². The largest absolute Gasteiger partial charge is 0.465 e. The minimum Gasteiger partial charge on any atom is -0.465 e. The van der Waals surface area contributed by atoms with Gasteiger partial charge in [0.25, 0.3) is 0 Å². The molecule has 0 spiro atoms. The molecule has 0 saturated carbocycles. The SMILES string of the molecule is O=C1/C(=C/c2ccco2)CCC2C3CCCN4CCCC(CN12)C34. The number of amides is 1. The maximum absolute atomic E-state index is 13.1. The number of hydrogen-bond acceptors (Lipinski definition) is 3. The van der Waals surface area contributed by atoms with E-state index in [1.165, 1.54) is 38.8 Å². The van der Waals surface area contributed by atoms with Crippen molar-refractivity contribution in [3.05, 3.63) is 29.7 Å². The van der Waals surface area contributed by atoms with Crippen LogP contribution in [0.25, 0.3) is 6.08 Å². The lowest BCUT2D eigenvalue weighted by atomic mass is 9.67. The van der Waals surface area contributed by atoms with E-state index in [1.807, 2.05) is 18.2 Å². The van der Waals surface area contributed by atoms with Crippen LogP contribution in [0.2, 0.25) is 0 Å². The van der Waals surface area contributed by atoms with Gasteiger partial charge in [0.1, 0.15) is 5.76 Å². The number of carbonyl (C=O) groups is 1. The molecule has 0 aliphatic carbocycles. The Morgan fingerprint density at radius 1 is 1.17 bits per heavy atom. The smallest absolute Gasteiger partial charge is 0.250 e. The first-order valence-corrected chi connectivity index (χ1v) is 9.60. The second-order valence-electron chi connectivity index (χ2n) is 7.98. The highest BCUT2D eigenvalue weighted by molar-refractivity contribution is 5.98. The summed E-state index contributed by atoms with van der Waals surface area (Å²) in [7, 11) is 0. The number of rotatable bonds is 1. The maximum atomic E-state index is 13.1. The molecule has 0 aromatic carbocycles. The van der Waals surface area contributed by atoms with Crippen LogP contribution in [0.1, 0.15) is 44.3 Å². The van der Waals surface area contributed by atoms with Crippen LogP contribution in [0.3, 0.4) is 0 Å². The fourth-order valence-corrected chi connectivity index (χ4v) is 5.87. The Labute approximate surface area is 143 Å². The van der Waals surface area contributed by atoms with E-state index in [0.717, 1.165) is 36.8 Å². The molecule has 1 amide bonds. The molecule has 4 aliphatic rings. The van der Waals surface area contributed by atoms with Crippen molar-refractivity contribution in [2.24, 2.45) is 11.8 Å². The van der Waals surface area contributed by atoms with Crippen LogP contribution in [0, 0.1) is 11.8 Å². The van der Waals surface area contributed by atoms with Gasteiger partial charge in [-0.2, -0.15) is 0 Å². The van der Waals surface area contributed by atoms with E-state index in [0.29, 0.717) is 17.9 Å². The van der Waals surface area contributed by atoms with E-state index in [2.05, 4.69) is 9.80 Å². The first-order chi connectivity index (χ1) is 11.8. The van der Waals surface area contributed by atoms with Crippen molar-refractivity contribution < 1.29 is 9.21 Å². The average molecular weight is 326 g/mol. The second-order valence-corrected chi connectivity index (χ2v) is 7.98. The zero-order valence-corrected chi connectivity index (χ0v) is 14.2. The molecule has 0 bridgehead atoms. The topological polar surface area (TPSA) is 36.7 Å². The number of furan rings is 1.